The Morgan fingerprint density at radius 3 is 3.23 bits per heavy atom. The predicted molar refractivity (Wildman–Crippen MR) is 55.8 cm³/mol. The first-order chi connectivity index (χ1) is 6.36. The maximum atomic E-state index is 6.09. The number of hydrogen-bond donors (Lipinski definition) is 1. The standard InChI is InChI=1S/C10H10N2S/c11-9-6-2-1-3-8(6)12-10-7(9)4-5-13-10/h1,3H,2,4-5H2,(H2,11,12). The lowest BCUT2D eigenvalue weighted by molar-refractivity contribution is 1.02. The Bertz CT molecular complexity index is 406. The van der Waals surface area contributed by atoms with E-state index in [1.165, 1.54) is 11.1 Å². The van der Waals surface area contributed by atoms with E-state index in [9.17, 15) is 0 Å². The van der Waals surface area contributed by atoms with E-state index in [1.807, 2.05) is 11.8 Å². The number of hydrogen-bond acceptors (Lipinski definition) is 3. The minimum atomic E-state index is 0.964. The molecule has 1 aliphatic heterocycles. The normalized spacial score (nSPS) is 17.5. The van der Waals surface area contributed by atoms with Gasteiger partial charge < -0.3 is 5.73 Å². The Morgan fingerprint density at radius 2 is 2.31 bits per heavy atom. The first-order valence-electron chi connectivity index (χ1n) is 4.47. The average Bonchev–Trinajstić information content (AvgIpc) is 2.71. The SMILES string of the molecule is Nc1c2c(nc3c1CCS3)C=CC2. The van der Waals surface area contributed by atoms with Crippen LogP contribution < -0.4 is 5.73 Å². The highest BCUT2D eigenvalue weighted by Gasteiger charge is 2.21. The summed E-state index contributed by atoms with van der Waals surface area (Å²) in [6.07, 6.45) is 6.26. The van der Waals surface area contributed by atoms with Crippen molar-refractivity contribution in [1.82, 2.24) is 4.98 Å². The number of aromatic nitrogens is 1. The van der Waals surface area contributed by atoms with Crippen molar-refractivity contribution in [1.29, 1.82) is 0 Å². The third-order valence-electron chi connectivity index (χ3n) is 2.63. The van der Waals surface area contributed by atoms with E-state index in [0.29, 0.717) is 0 Å². The number of nitrogens with two attached hydrogens (primary N) is 1. The van der Waals surface area contributed by atoms with E-state index in [1.54, 1.807) is 0 Å². The third kappa shape index (κ3) is 0.936. The van der Waals surface area contributed by atoms with Gasteiger partial charge in [0.25, 0.3) is 0 Å². The molecule has 2 aliphatic rings. The second-order valence-corrected chi connectivity index (χ2v) is 4.46. The van der Waals surface area contributed by atoms with Gasteiger partial charge in [-0.15, -0.1) is 11.8 Å². The second kappa shape index (κ2) is 2.51. The van der Waals surface area contributed by atoms with Gasteiger partial charge in [-0.05, 0) is 18.9 Å². The van der Waals surface area contributed by atoms with Crippen molar-refractivity contribution in [3.8, 4) is 0 Å². The van der Waals surface area contributed by atoms with Crippen molar-refractivity contribution < 1.29 is 0 Å². The average molecular weight is 190 g/mol. The lowest BCUT2D eigenvalue weighted by Crippen LogP contribution is -2.01. The Balaban J connectivity index is 2.30. The van der Waals surface area contributed by atoms with Crippen LogP contribution in [-0.2, 0) is 12.8 Å². The van der Waals surface area contributed by atoms with Crippen molar-refractivity contribution in [2.45, 2.75) is 17.9 Å². The summed E-state index contributed by atoms with van der Waals surface area (Å²) in [4.78, 5) is 4.59. The molecule has 2 nitrogen and oxygen atoms in total. The number of rotatable bonds is 0. The summed E-state index contributed by atoms with van der Waals surface area (Å²) in [5, 5.41) is 1.16. The number of pyridine rings is 1. The summed E-state index contributed by atoms with van der Waals surface area (Å²) >= 11 is 1.82. The molecule has 66 valence electrons. The third-order valence-corrected chi connectivity index (χ3v) is 3.65. The molecule has 0 bridgehead atoms. The fourth-order valence-electron chi connectivity index (χ4n) is 1.93. The number of thioether (sulfide) groups is 1. The molecule has 2 heterocycles. The monoisotopic (exact) mass is 190 g/mol. The Kier molecular flexibility index (Phi) is 1.44. The van der Waals surface area contributed by atoms with Crippen molar-refractivity contribution in [2.24, 2.45) is 0 Å². The molecule has 0 saturated heterocycles. The molecule has 2 N–H and O–H groups in total. The highest BCUT2D eigenvalue weighted by Crippen LogP contribution is 2.38. The zero-order valence-electron chi connectivity index (χ0n) is 7.21. The molecule has 3 rings (SSSR count). The number of allylic oxidation sites excluding steroid dienone is 1. The zero-order valence-corrected chi connectivity index (χ0v) is 8.03. The van der Waals surface area contributed by atoms with Crippen LogP contribution in [0.5, 0.6) is 0 Å². The molecule has 0 amide bonds. The smallest absolute Gasteiger partial charge is 0.102 e. The Labute approximate surface area is 81.2 Å². The van der Waals surface area contributed by atoms with E-state index >= 15 is 0 Å². The minimum absolute atomic E-state index is 0.964. The van der Waals surface area contributed by atoms with Gasteiger partial charge in [0, 0.05) is 22.6 Å². The highest BCUT2D eigenvalue weighted by atomic mass is 32.2. The van der Waals surface area contributed by atoms with Crippen LogP contribution in [0.1, 0.15) is 16.8 Å². The molecule has 13 heavy (non-hydrogen) atoms. The van der Waals surface area contributed by atoms with Crippen LogP contribution in [0, 0.1) is 0 Å². The molecule has 1 aromatic rings. The number of anilines is 1. The lowest BCUT2D eigenvalue weighted by atomic mass is 10.1. The van der Waals surface area contributed by atoms with Gasteiger partial charge in [0.2, 0.25) is 0 Å². The van der Waals surface area contributed by atoms with Crippen molar-refractivity contribution in [2.75, 3.05) is 11.5 Å². The molecule has 0 saturated carbocycles. The van der Waals surface area contributed by atoms with Gasteiger partial charge in [0.15, 0.2) is 0 Å². The zero-order chi connectivity index (χ0) is 8.84. The van der Waals surface area contributed by atoms with Gasteiger partial charge >= 0.3 is 0 Å². The number of nitrogens with zero attached hydrogens (tertiary/aromatic N) is 1. The van der Waals surface area contributed by atoms with Crippen LogP contribution in [0.25, 0.3) is 6.08 Å². The van der Waals surface area contributed by atoms with Crippen LogP contribution in [0.3, 0.4) is 0 Å². The summed E-state index contributed by atoms with van der Waals surface area (Å²) in [6.45, 7) is 0. The van der Waals surface area contributed by atoms with Crippen molar-refractivity contribution in [3.05, 3.63) is 22.9 Å². The first kappa shape index (κ1) is 7.44. The Morgan fingerprint density at radius 1 is 1.38 bits per heavy atom. The molecule has 3 heteroatoms. The van der Waals surface area contributed by atoms with Gasteiger partial charge in [0.1, 0.15) is 5.03 Å². The van der Waals surface area contributed by atoms with Gasteiger partial charge in [-0.1, -0.05) is 6.08 Å². The molecule has 0 atom stereocenters. The van der Waals surface area contributed by atoms with Crippen LogP contribution >= 0.6 is 11.8 Å². The largest absolute Gasteiger partial charge is 0.398 e. The van der Waals surface area contributed by atoms with E-state index < -0.39 is 0 Å². The van der Waals surface area contributed by atoms with Crippen LogP contribution in [0.15, 0.2) is 11.1 Å². The van der Waals surface area contributed by atoms with Gasteiger partial charge in [-0.25, -0.2) is 4.98 Å². The highest BCUT2D eigenvalue weighted by molar-refractivity contribution is 7.99. The van der Waals surface area contributed by atoms with Crippen LogP contribution in [0.2, 0.25) is 0 Å². The molecule has 0 radical (unpaired) electrons. The minimum Gasteiger partial charge on any atom is -0.398 e. The fraction of sp³-hybridized carbons (Fsp3) is 0.300. The van der Waals surface area contributed by atoms with E-state index in [-0.39, 0.29) is 0 Å². The van der Waals surface area contributed by atoms with Crippen molar-refractivity contribution in [3.63, 3.8) is 0 Å². The number of fused-ring (bicyclic) bond motifs is 2. The number of nitrogen functional groups attached to an aromatic ring is 1. The lowest BCUT2D eigenvalue weighted by Gasteiger charge is -2.08. The molecular formula is C10H10N2S. The maximum Gasteiger partial charge on any atom is 0.102 e. The summed E-state index contributed by atoms with van der Waals surface area (Å²) in [6, 6.07) is 0. The van der Waals surface area contributed by atoms with Gasteiger partial charge in [0.05, 0.1) is 5.69 Å². The van der Waals surface area contributed by atoms with Gasteiger partial charge in [-0.3, -0.25) is 0 Å². The Hall–Kier alpha value is -0.960. The molecule has 1 aliphatic carbocycles. The molecule has 0 unspecified atom stereocenters. The molecule has 1 aromatic heterocycles. The summed E-state index contributed by atoms with van der Waals surface area (Å²) in [7, 11) is 0. The molecule has 0 spiro atoms. The maximum absolute atomic E-state index is 6.09. The van der Waals surface area contributed by atoms with E-state index in [2.05, 4.69) is 17.1 Å². The van der Waals surface area contributed by atoms with Gasteiger partial charge in [-0.2, -0.15) is 0 Å². The summed E-state index contributed by atoms with van der Waals surface area (Å²) < 4.78 is 0. The fourth-order valence-corrected chi connectivity index (χ4v) is 2.98. The predicted octanol–water partition coefficient (Wildman–Crippen LogP) is 1.88. The van der Waals surface area contributed by atoms with Crippen LogP contribution in [-0.4, -0.2) is 10.7 Å². The molecule has 0 aromatic carbocycles. The van der Waals surface area contributed by atoms with E-state index in [4.69, 9.17) is 5.73 Å². The summed E-state index contributed by atoms with van der Waals surface area (Å²) in [5.74, 6) is 1.14. The van der Waals surface area contributed by atoms with E-state index in [0.717, 1.165) is 35.0 Å². The second-order valence-electron chi connectivity index (χ2n) is 3.38. The first-order valence-corrected chi connectivity index (χ1v) is 5.45. The quantitative estimate of drug-likeness (QED) is 0.679. The molecular weight excluding hydrogens is 180 g/mol. The van der Waals surface area contributed by atoms with Crippen LogP contribution in [0.4, 0.5) is 5.69 Å². The molecule has 0 fully saturated rings. The topological polar surface area (TPSA) is 38.9 Å². The van der Waals surface area contributed by atoms with Crippen molar-refractivity contribution >= 4 is 23.5 Å². The summed E-state index contributed by atoms with van der Waals surface area (Å²) in [5.41, 5.74) is 10.7.